The maximum atomic E-state index is 13.5. The van der Waals surface area contributed by atoms with E-state index in [4.69, 9.17) is 28.1 Å². The predicted octanol–water partition coefficient (Wildman–Crippen LogP) is 6.64. The Balaban J connectivity index is 1.67. The van der Waals surface area contributed by atoms with Gasteiger partial charge in [-0.05, 0) is 23.3 Å². The van der Waals surface area contributed by atoms with E-state index < -0.39 is 0 Å². The van der Waals surface area contributed by atoms with Crippen molar-refractivity contribution in [2.45, 2.75) is 13.2 Å². The molecule has 0 unspecified atom stereocenters. The van der Waals surface area contributed by atoms with E-state index in [2.05, 4.69) is 0 Å². The summed E-state index contributed by atoms with van der Waals surface area (Å²) in [5.41, 5.74) is 2.39. The molecule has 7 heteroatoms. The van der Waals surface area contributed by atoms with Crippen molar-refractivity contribution in [3.63, 3.8) is 0 Å². The molecule has 198 valence electrons. The maximum absolute atomic E-state index is 13.5. The van der Waals surface area contributed by atoms with Gasteiger partial charge in [0.05, 0.1) is 21.3 Å². The van der Waals surface area contributed by atoms with Gasteiger partial charge in [-0.2, -0.15) is 0 Å². The van der Waals surface area contributed by atoms with Crippen LogP contribution in [0.3, 0.4) is 0 Å². The molecule has 0 N–H and O–H groups in total. The Kier molecular flexibility index (Phi) is 7.68. The molecule has 0 aliphatic heterocycles. The van der Waals surface area contributed by atoms with Gasteiger partial charge in [0, 0.05) is 12.1 Å². The standard InChI is InChI=1S/C32H28O7/c1-34-26-18-28(35-2)31(36-3)32-29(26)23(33)17-27(39-32)30-24(37-19-21-11-6-4-7-12-21)15-10-16-25(30)38-20-22-13-8-5-9-14-22/h4-18H,19-20H2,1-3H3. The first kappa shape index (κ1) is 25.7. The molecule has 0 fully saturated rings. The van der Waals surface area contributed by atoms with E-state index in [9.17, 15) is 4.79 Å². The average Bonchev–Trinajstić information content (AvgIpc) is 2.98. The fraction of sp³-hybridized carbons (Fsp3) is 0.156. The van der Waals surface area contributed by atoms with Crippen LogP contribution in [-0.4, -0.2) is 21.3 Å². The van der Waals surface area contributed by atoms with Crippen molar-refractivity contribution in [3.05, 3.63) is 112 Å². The normalized spacial score (nSPS) is 10.7. The molecule has 1 heterocycles. The van der Waals surface area contributed by atoms with Gasteiger partial charge < -0.3 is 28.1 Å². The van der Waals surface area contributed by atoms with E-state index in [-0.39, 0.29) is 27.9 Å². The smallest absolute Gasteiger partial charge is 0.205 e. The predicted molar refractivity (Wildman–Crippen MR) is 149 cm³/mol. The summed E-state index contributed by atoms with van der Waals surface area (Å²) in [4.78, 5) is 13.5. The van der Waals surface area contributed by atoms with Crippen LogP contribution in [0.2, 0.25) is 0 Å². The minimum atomic E-state index is -0.309. The first-order valence-corrected chi connectivity index (χ1v) is 12.4. The van der Waals surface area contributed by atoms with E-state index in [1.807, 2.05) is 78.9 Å². The third kappa shape index (κ3) is 5.38. The second-order valence-corrected chi connectivity index (χ2v) is 8.67. The largest absolute Gasteiger partial charge is 0.496 e. The Morgan fingerprint density at radius 2 is 1.18 bits per heavy atom. The lowest BCUT2D eigenvalue weighted by molar-refractivity contribution is 0.291. The third-order valence-electron chi connectivity index (χ3n) is 6.24. The summed E-state index contributed by atoms with van der Waals surface area (Å²) >= 11 is 0. The SMILES string of the molecule is COc1cc(OC)c2c(=O)cc(-c3c(OCc4ccccc4)cccc3OCc3ccccc3)oc2c1OC. The van der Waals surface area contributed by atoms with Gasteiger partial charge in [-0.1, -0.05) is 66.7 Å². The topological polar surface area (TPSA) is 76.4 Å². The highest BCUT2D eigenvalue weighted by atomic mass is 16.5. The molecule has 1 aromatic heterocycles. The van der Waals surface area contributed by atoms with Crippen LogP contribution in [0.5, 0.6) is 28.7 Å². The van der Waals surface area contributed by atoms with Crippen molar-refractivity contribution < 1.29 is 28.1 Å². The van der Waals surface area contributed by atoms with Gasteiger partial charge in [-0.25, -0.2) is 0 Å². The van der Waals surface area contributed by atoms with Crippen molar-refractivity contribution >= 4 is 11.0 Å². The molecule has 5 aromatic rings. The number of hydrogen-bond acceptors (Lipinski definition) is 7. The van der Waals surface area contributed by atoms with Crippen LogP contribution in [0, 0.1) is 0 Å². The second kappa shape index (κ2) is 11.6. The van der Waals surface area contributed by atoms with E-state index in [0.717, 1.165) is 11.1 Å². The van der Waals surface area contributed by atoms with Gasteiger partial charge >= 0.3 is 0 Å². The van der Waals surface area contributed by atoms with Crippen molar-refractivity contribution in [2.24, 2.45) is 0 Å². The summed E-state index contributed by atoms with van der Waals surface area (Å²) in [7, 11) is 4.48. The average molecular weight is 525 g/mol. The molecule has 0 saturated heterocycles. The van der Waals surface area contributed by atoms with Crippen LogP contribution in [-0.2, 0) is 13.2 Å². The summed E-state index contributed by atoms with van der Waals surface area (Å²) < 4.78 is 35.4. The number of rotatable bonds is 10. The molecular formula is C32H28O7. The van der Waals surface area contributed by atoms with Crippen LogP contribution in [0.25, 0.3) is 22.3 Å². The Labute approximate surface area is 226 Å². The maximum Gasteiger partial charge on any atom is 0.205 e. The lowest BCUT2D eigenvalue weighted by Gasteiger charge is -2.18. The van der Waals surface area contributed by atoms with Gasteiger partial charge in [0.25, 0.3) is 0 Å². The molecule has 0 aliphatic rings. The first-order valence-electron chi connectivity index (χ1n) is 12.4. The molecule has 0 bridgehead atoms. The third-order valence-corrected chi connectivity index (χ3v) is 6.24. The fourth-order valence-electron chi connectivity index (χ4n) is 4.35. The summed E-state index contributed by atoms with van der Waals surface area (Å²) in [6.45, 7) is 0.636. The molecule has 0 radical (unpaired) electrons. The van der Waals surface area contributed by atoms with Crippen LogP contribution < -0.4 is 29.1 Å². The molecule has 39 heavy (non-hydrogen) atoms. The zero-order chi connectivity index (χ0) is 27.2. The van der Waals surface area contributed by atoms with Crippen molar-refractivity contribution in [1.29, 1.82) is 0 Å². The minimum absolute atomic E-state index is 0.197. The van der Waals surface area contributed by atoms with Crippen LogP contribution >= 0.6 is 0 Å². The van der Waals surface area contributed by atoms with E-state index in [0.29, 0.717) is 41.8 Å². The zero-order valence-electron chi connectivity index (χ0n) is 21.9. The Morgan fingerprint density at radius 3 is 1.69 bits per heavy atom. The number of methoxy groups -OCH3 is 3. The van der Waals surface area contributed by atoms with Gasteiger partial charge in [-0.15, -0.1) is 0 Å². The molecule has 0 saturated carbocycles. The van der Waals surface area contributed by atoms with Crippen molar-refractivity contribution in [2.75, 3.05) is 21.3 Å². The highest BCUT2D eigenvalue weighted by molar-refractivity contribution is 5.92. The minimum Gasteiger partial charge on any atom is -0.496 e. The van der Waals surface area contributed by atoms with Gasteiger partial charge in [-0.3, -0.25) is 4.79 Å². The van der Waals surface area contributed by atoms with Gasteiger partial charge in [0.1, 0.15) is 47.2 Å². The molecule has 4 aromatic carbocycles. The van der Waals surface area contributed by atoms with Crippen LogP contribution in [0.15, 0.2) is 100 Å². The molecule has 5 rings (SSSR count). The monoisotopic (exact) mass is 524 g/mol. The molecule has 0 amide bonds. The van der Waals surface area contributed by atoms with Crippen molar-refractivity contribution in [3.8, 4) is 40.1 Å². The zero-order valence-corrected chi connectivity index (χ0v) is 21.9. The van der Waals surface area contributed by atoms with E-state index in [1.54, 1.807) is 6.07 Å². The summed E-state index contributed by atoms with van der Waals surface area (Å²) in [5, 5.41) is 0.244. The molecular weight excluding hydrogens is 496 g/mol. The van der Waals surface area contributed by atoms with E-state index in [1.165, 1.54) is 27.4 Å². The Hall–Kier alpha value is -4.91. The molecule has 0 aliphatic carbocycles. The number of benzene rings is 4. The fourth-order valence-corrected chi connectivity index (χ4v) is 4.35. The summed E-state index contributed by atoms with van der Waals surface area (Å²) in [5.74, 6) is 2.23. The molecule has 0 atom stereocenters. The number of fused-ring (bicyclic) bond motifs is 1. The van der Waals surface area contributed by atoms with Gasteiger partial charge in [0.2, 0.25) is 5.75 Å². The van der Waals surface area contributed by atoms with Crippen molar-refractivity contribution in [1.82, 2.24) is 0 Å². The summed E-state index contributed by atoms with van der Waals surface area (Å²) in [6, 6.07) is 28.1. The Morgan fingerprint density at radius 1 is 0.615 bits per heavy atom. The first-order chi connectivity index (χ1) is 19.1. The highest BCUT2D eigenvalue weighted by Crippen LogP contribution is 2.44. The van der Waals surface area contributed by atoms with E-state index >= 15 is 0 Å². The lowest BCUT2D eigenvalue weighted by atomic mass is 10.1. The van der Waals surface area contributed by atoms with Gasteiger partial charge in [0.15, 0.2) is 16.8 Å². The van der Waals surface area contributed by atoms with Crippen LogP contribution in [0.4, 0.5) is 0 Å². The Bertz CT molecular complexity index is 1560. The molecule has 0 spiro atoms. The quantitative estimate of drug-likeness (QED) is 0.203. The summed E-state index contributed by atoms with van der Waals surface area (Å²) in [6.07, 6.45) is 0. The highest BCUT2D eigenvalue weighted by Gasteiger charge is 2.23. The number of ether oxygens (including phenoxy) is 5. The van der Waals surface area contributed by atoms with Crippen LogP contribution in [0.1, 0.15) is 11.1 Å². The molecule has 7 nitrogen and oxygen atoms in total. The number of hydrogen-bond donors (Lipinski definition) is 0. The lowest BCUT2D eigenvalue weighted by Crippen LogP contribution is -2.06. The second-order valence-electron chi connectivity index (χ2n) is 8.67.